The molecule has 1 atom stereocenters. The van der Waals surface area contributed by atoms with E-state index in [9.17, 15) is 9.59 Å². The Labute approximate surface area is 206 Å². The monoisotopic (exact) mass is 496 g/mol. The summed E-state index contributed by atoms with van der Waals surface area (Å²) < 4.78 is 1.54. The molecule has 2 N–H and O–H groups in total. The third kappa shape index (κ3) is 4.47. The van der Waals surface area contributed by atoms with Gasteiger partial charge < -0.3 is 10.6 Å². The number of carbonyl (C=O) groups excluding carboxylic acids is 1. The highest BCUT2D eigenvalue weighted by Crippen LogP contribution is 2.27. The average Bonchev–Trinajstić information content (AvgIpc) is 2.81. The predicted octanol–water partition coefficient (Wildman–Crippen LogP) is 4.96. The van der Waals surface area contributed by atoms with Crippen LogP contribution >= 0.6 is 23.2 Å². The minimum atomic E-state index is -0.503. The van der Waals surface area contributed by atoms with Crippen LogP contribution in [0, 0.1) is 0 Å². The van der Waals surface area contributed by atoms with Gasteiger partial charge >= 0.3 is 0 Å². The van der Waals surface area contributed by atoms with Gasteiger partial charge in [-0.2, -0.15) is 0 Å². The molecule has 0 bridgehead atoms. The molecule has 2 heterocycles. The number of fused-ring (bicyclic) bond motifs is 1. The van der Waals surface area contributed by atoms with Crippen LogP contribution < -0.4 is 16.2 Å². The molecule has 10 heteroatoms. The van der Waals surface area contributed by atoms with Crippen molar-refractivity contribution in [3.05, 3.63) is 86.1 Å². The minimum absolute atomic E-state index is 0.194. The van der Waals surface area contributed by atoms with Crippen molar-refractivity contribution in [3.63, 3.8) is 0 Å². The molecule has 4 aromatic rings. The topological polar surface area (TPSA) is 102 Å². The summed E-state index contributed by atoms with van der Waals surface area (Å²) in [6, 6.07) is 11.9. The van der Waals surface area contributed by atoms with Crippen molar-refractivity contribution in [2.45, 2.75) is 26.4 Å². The zero-order valence-corrected chi connectivity index (χ0v) is 20.3. The van der Waals surface area contributed by atoms with Gasteiger partial charge in [-0.1, -0.05) is 47.5 Å². The molecule has 2 aromatic carbocycles. The zero-order chi connectivity index (χ0) is 24.4. The summed E-state index contributed by atoms with van der Waals surface area (Å²) >= 11 is 12.8. The fraction of sp³-hybridized carbons (Fsp3) is 0.208. The molecule has 174 valence electrons. The number of benzene rings is 2. The highest BCUT2D eigenvalue weighted by molar-refractivity contribution is 6.35. The fourth-order valence-corrected chi connectivity index (χ4v) is 4.25. The molecule has 0 unspecified atom stereocenters. The normalized spacial score (nSPS) is 11.9. The fourth-order valence-electron chi connectivity index (χ4n) is 3.81. The first-order chi connectivity index (χ1) is 16.3. The molecule has 0 spiro atoms. The summed E-state index contributed by atoms with van der Waals surface area (Å²) in [5.41, 5.74) is 1.27. The number of anilines is 2. The van der Waals surface area contributed by atoms with E-state index in [0.29, 0.717) is 44.0 Å². The number of aromatic nitrogens is 4. The van der Waals surface area contributed by atoms with E-state index in [0.717, 1.165) is 5.56 Å². The van der Waals surface area contributed by atoms with Crippen molar-refractivity contribution < 1.29 is 4.79 Å². The van der Waals surface area contributed by atoms with Crippen LogP contribution in [-0.2, 0) is 6.54 Å². The lowest BCUT2D eigenvalue weighted by atomic mass is 10.1. The first-order valence-corrected chi connectivity index (χ1v) is 11.3. The van der Waals surface area contributed by atoms with E-state index in [2.05, 4.69) is 20.6 Å². The lowest BCUT2D eigenvalue weighted by molar-refractivity contribution is 0.101. The Balaban J connectivity index is 1.87. The van der Waals surface area contributed by atoms with E-state index in [-0.39, 0.29) is 17.9 Å². The number of rotatable bonds is 7. The van der Waals surface area contributed by atoms with Gasteiger partial charge in [0.15, 0.2) is 5.78 Å². The van der Waals surface area contributed by atoms with Crippen LogP contribution in [0.15, 0.2) is 53.6 Å². The highest BCUT2D eigenvalue weighted by Gasteiger charge is 2.22. The van der Waals surface area contributed by atoms with Crippen LogP contribution in [0.4, 0.5) is 11.6 Å². The molecule has 0 saturated carbocycles. The first-order valence-electron chi connectivity index (χ1n) is 10.5. The smallest absolute Gasteiger partial charge is 0.263 e. The number of nitrogens with one attached hydrogen (secondary N) is 2. The summed E-state index contributed by atoms with van der Waals surface area (Å²) in [5, 5.41) is 7.33. The average molecular weight is 497 g/mol. The number of ketones is 1. The Bertz CT molecular complexity index is 1450. The lowest BCUT2D eigenvalue weighted by Gasteiger charge is -2.22. The lowest BCUT2D eigenvalue weighted by Crippen LogP contribution is -2.29. The number of Topliss-reactive ketones (excluding diaryl/α,β-unsaturated/α-hetero) is 1. The minimum Gasteiger partial charge on any atom is -0.372 e. The van der Waals surface area contributed by atoms with Crippen LogP contribution in [0.3, 0.4) is 0 Å². The molecule has 4 rings (SSSR count). The third-order valence-corrected chi connectivity index (χ3v) is 6.11. The Morgan fingerprint density at radius 1 is 1.06 bits per heavy atom. The number of hydrogen-bond acceptors (Lipinski definition) is 7. The summed E-state index contributed by atoms with van der Waals surface area (Å²) in [4.78, 5) is 39.1. The second kappa shape index (κ2) is 9.79. The van der Waals surface area contributed by atoms with E-state index >= 15 is 0 Å². The maximum Gasteiger partial charge on any atom is 0.263 e. The third-order valence-electron chi connectivity index (χ3n) is 5.43. The Morgan fingerprint density at radius 2 is 1.76 bits per heavy atom. The van der Waals surface area contributed by atoms with Crippen LogP contribution in [0.1, 0.15) is 41.6 Å². The van der Waals surface area contributed by atoms with Crippen molar-refractivity contribution in [1.82, 2.24) is 19.5 Å². The summed E-state index contributed by atoms with van der Waals surface area (Å²) in [5.74, 6) is 0.984. The van der Waals surface area contributed by atoms with Gasteiger partial charge in [0.2, 0.25) is 0 Å². The van der Waals surface area contributed by atoms with Gasteiger partial charge in [0.1, 0.15) is 29.4 Å². The Hall–Kier alpha value is -3.49. The summed E-state index contributed by atoms with van der Waals surface area (Å²) in [6.07, 6.45) is 1.36. The van der Waals surface area contributed by atoms with Gasteiger partial charge in [-0.25, -0.2) is 15.0 Å². The van der Waals surface area contributed by atoms with Gasteiger partial charge in [0.25, 0.3) is 5.56 Å². The van der Waals surface area contributed by atoms with Crippen LogP contribution in [0.25, 0.3) is 10.9 Å². The molecule has 8 nitrogen and oxygen atoms in total. The number of carbonyl (C=O) groups is 1. The molecule has 2 aromatic heterocycles. The zero-order valence-electron chi connectivity index (χ0n) is 18.8. The quantitative estimate of drug-likeness (QED) is 0.348. The van der Waals surface area contributed by atoms with E-state index in [1.165, 1.54) is 13.3 Å². The Morgan fingerprint density at radius 3 is 2.47 bits per heavy atom. The maximum atomic E-state index is 13.6. The summed E-state index contributed by atoms with van der Waals surface area (Å²) in [6.45, 7) is 3.48. The molecular weight excluding hydrogens is 475 g/mol. The second-order valence-corrected chi connectivity index (χ2v) is 8.52. The predicted molar refractivity (Wildman–Crippen MR) is 135 cm³/mol. The second-order valence-electron chi connectivity index (χ2n) is 7.70. The van der Waals surface area contributed by atoms with Crippen LogP contribution in [-0.4, -0.2) is 32.3 Å². The molecule has 0 aliphatic carbocycles. The molecule has 0 radical (unpaired) electrons. The molecule has 0 fully saturated rings. The largest absolute Gasteiger partial charge is 0.372 e. The van der Waals surface area contributed by atoms with Gasteiger partial charge in [0, 0.05) is 12.1 Å². The van der Waals surface area contributed by atoms with Crippen LogP contribution in [0.5, 0.6) is 0 Å². The maximum absolute atomic E-state index is 13.6. The van der Waals surface area contributed by atoms with Crippen molar-refractivity contribution in [2.75, 3.05) is 17.7 Å². The van der Waals surface area contributed by atoms with Gasteiger partial charge in [-0.3, -0.25) is 14.2 Å². The number of halogens is 2. The van der Waals surface area contributed by atoms with Crippen molar-refractivity contribution in [3.8, 4) is 0 Å². The SMILES string of the molecule is CNc1ncnc(N[C@@H](C)c2nc3cccc(Cl)c3c(=O)n2Cc2ccccc2Cl)c1C(C)=O. The molecule has 0 saturated heterocycles. The van der Waals surface area contributed by atoms with Crippen molar-refractivity contribution >= 4 is 51.5 Å². The molecule has 0 amide bonds. The van der Waals surface area contributed by atoms with Gasteiger partial charge in [-0.05, 0) is 37.6 Å². The summed E-state index contributed by atoms with van der Waals surface area (Å²) in [7, 11) is 1.68. The van der Waals surface area contributed by atoms with Crippen molar-refractivity contribution in [1.29, 1.82) is 0 Å². The Kier molecular flexibility index (Phi) is 6.81. The number of nitrogens with zero attached hydrogens (tertiary/aromatic N) is 4. The van der Waals surface area contributed by atoms with E-state index < -0.39 is 6.04 Å². The number of hydrogen-bond donors (Lipinski definition) is 2. The van der Waals surface area contributed by atoms with Gasteiger partial charge in [-0.15, -0.1) is 0 Å². The molecule has 0 aliphatic heterocycles. The van der Waals surface area contributed by atoms with Gasteiger partial charge in [0.05, 0.1) is 28.5 Å². The highest BCUT2D eigenvalue weighted by atomic mass is 35.5. The first kappa shape index (κ1) is 23.7. The van der Waals surface area contributed by atoms with E-state index in [1.54, 1.807) is 35.9 Å². The van der Waals surface area contributed by atoms with Crippen LogP contribution in [0.2, 0.25) is 10.0 Å². The molecule has 0 aliphatic rings. The molecular formula is C24H22Cl2N6O2. The van der Waals surface area contributed by atoms with E-state index in [4.69, 9.17) is 28.2 Å². The standard InChI is InChI=1S/C24H22Cl2N6O2/c1-13(30-22-19(14(2)33)21(27-3)28-12-29-22)23-31-18-10-6-9-17(26)20(18)24(34)32(23)11-15-7-4-5-8-16(15)25/h4-10,12-13H,11H2,1-3H3,(H2,27,28,29,30)/t13-/m0/s1. The van der Waals surface area contributed by atoms with E-state index in [1.807, 2.05) is 25.1 Å². The van der Waals surface area contributed by atoms with Crippen molar-refractivity contribution in [2.24, 2.45) is 0 Å². The molecule has 34 heavy (non-hydrogen) atoms.